The van der Waals surface area contributed by atoms with E-state index in [1.807, 2.05) is 37.2 Å². The summed E-state index contributed by atoms with van der Waals surface area (Å²) >= 11 is 0. The fourth-order valence-corrected chi connectivity index (χ4v) is 3.72. The molecule has 1 N–H and O–H groups in total. The van der Waals surface area contributed by atoms with Crippen molar-refractivity contribution in [3.8, 4) is 11.9 Å². The van der Waals surface area contributed by atoms with E-state index in [0.29, 0.717) is 18.2 Å². The number of likely N-dealkylation sites (N-methyl/N-ethyl adjacent to an activating group) is 1. The molecule has 0 spiro atoms. The van der Waals surface area contributed by atoms with Crippen molar-refractivity contribution in [2.24, 2.45) is 0 Å². The molecule has 2 heterocycles. The van der Waals surface area contributed by atoms with Crippen LogP contribution >= 0.6 is 0 Å². The van der Waals surface area contributed by atoms with Crippen LogP contribution < -0.4 is 14.4 Å². The normalized spacial score (nSPS) is 23.2. The van der Waals surface area contributed by atoms with Crippen molar-refractivity contribution in [1.82, 2.24) is 14.9 Å². The minimum absolute atomic E-state index is 0.251. The monoisotopic (exact) mass is 358 g/mol. The maximum Gasteiger partial charge on any atom is 0.321 e. The molecule has 0 radical (unpaired) electrons. The largest absolute Gasteiger partial charge is 0.481 e. The second kappa shape index (κ2) is 7.47. The van der Waals surface area contributed by atoms with Gasteiger partial charge in [-0.2, -0.15) is 9.97 Å². The van der Waals surface area contributed by atoms with Gasteiger partial charge in [-0.05, 0) is 26.1 Å². The lowest BCUT2D eigenvalue weighted by Gasteiger charge is -2.50. The van der Waals surface area contributed by atoms with Gasteiger partial charge in [-0.3, -0.25) is 4.90 Å². The molecular weight excluding hydrogens is 332 g/mol. The van der Waals surface area contributed by atoms with Crippen LogP contribution in [0.15, 0.2) is 36.4 Å². The van der Waals surface area contributed by atoms with E-state index in [1.54, 1.807) is 13.2 Å². The quantitative estimate of drug-likeness (QED) is 0.869. The van der Waals surface area contributed by atoms with Gasteiger partial charge in [-0.15, -0.1) is 0 Å². The number of methoxy groups -OCH3 is 2. The van der Waals surface area contributed by atoms with Gasteiger partial charge >= 0.3 is 6.01 Å². The molecular formula is C19H26N4O3. The van der Waals surface area contributed by atoms with Crippen molar-refractivity contribution in [2.75, 3.05) is 46.3 Å². The molecule has 26 heavy (non-hydrogen) atoms. The molecule has 2 aromatic rings. The maximum absolute atomic E-state index is 11.1. The van der Waals surface area contributed by atoms with Gasteiger partial charge in [-0.25, -0.2) is 0 Å². The molecule has 7 nitrogen and oxygen atoms in total. The number of benzene rings is 1. The number of aromatic nitrogens is 2. The van der Waals surface area contributed by atoms with Gasteiger partial charge in [0, 0.05) is 19.2 Å². The summed E-state index contributed by atoms with van der Waals surface area (Å²) in [6.07, 6.45) is 0.181. The van der Waals surface area contributed by atoms with E-state index in [0.717, 1.165) is 18.5 Å². The average Bonchev–Trinajstić information content (AvgIpc) is 2.68. The van der Waals surface area contributed by atoms with Gasteiger partial charge in [0.15, 0.2) is 0 Å². The van der Waals surface area contributed by atoms with Crippen LogP contribution in [0.4, 0.5) is 5.82 Å². The average molecular weight is 358 g/mol. The molecule has 0 unspecified atom stereocenters. The molecule has 1 aromatic heterocycles. The van der Waals surface area contributed by atoms with E-state index >= 15 is 0 Å². The van der Waals surface area contributed by atoms with E-state index in [4.69, 9.17) is 9.47 Å². The SMILES string of the molecule is COc1cc(N2CC[C@@](c3ccccc3)(N(C)C)[C@H](O)C2)nc(OC)n1. The third kappa shape index (κ3) is 3.20. The minimum atomic E-state index is -0.583. The highest BCUT2D eigenvalue weighted by Crippen LogP contribution is 2.39. The first-order valence-electron chi connectivity index (χ1n) is 8.64. The van der Waals surface area contributed by atoms with Crippen molar-refractivity contribution in [3.05, 3.63) is 42.0 Å². The van der Waals surface area contributed by atoms with Crippen LogP contribution in [0.1, 0.15) is 12.0 Å². The lowest BCUT2D eigenvalue weighted by atomic mass is 9.77. The molecule has 1 saturated heterocycles. The number of anilines is 1. The predicted octanol–water partition coefficient (Wildman–Crippen LogP) is 1.52. The highest BCUT2D eigenvalue weighted by molar-refractivity contribution is 5.45. The summed E-state index contributed by atoms with van der Waals surface area (Å²) in [7, 11) is 7.12. The highest BCUT2D eigenvalue weighted by Gasteiger charge is 2.45. The minimum Gasteiger partial charge on any atom is -0.481 e. The summed E-state index contributed by atoms with van der Waals surface area (Å²) in [6.45, 7) is 1.20. The third-order valence-corrected chi connectivity index (χ3v) is 5.16. The maximum atomic E-state index is 11.1. The summed E-state index contributed by atoms with van der Waals surface area (Å²) < 4.78 is 10.4. The van der Waals surface area contributed by atoms with Crippen LogP contribution in [0.5, 0.6) is 11.9 Å². The molecule has 140 valence electrons. The van der Waals surface area contributed by atoms with E-state index in [9.17, 15) is 5.11 Å². The predicted molar refractivity (Wildman–Crippen MR) is 99.8 cm³/mol. The lowest BCUT2D eigenvalue weighted by Crippen LogP contribution is -2.60. The third-order valence-electron chi connectivity index (χ3n) is 5.16. The molecule has 1 aliphatic rings. The first-order chi connectivity index (χ1) is 12.5. The summed E-state index contributed by atoms with van der Waals surface area (Å²) in [4.78, 5) is 12.7. The fraction of sp³-hybridized carbons (Fsp3) is 0.474. The van der Waals surface area contributed by atoms with E-state index in [1.165, 1.54) is 7.11 Å². The number of aliphatic hydroxyl groups excluding tert-OH is 1. The molecule has 1 aliphatic heterocycles. The van der Waals surface area contributed by atoms with Crippen LogP contribution in [0.3, 0.4) is 0 Å². The Bertz CT molecular complexity index is 719. The Labute approximate surface area is 154 Å². The Morgan fingerprint density at radius 3 is 2.46 bits per heavy atom. The van der Waals surface area contributed by atoms with Gasteiger partial charge in [0.2, 0.25) is 5.88 Å². The number of rotatable bonds is 5. The summed E-state index contributed by atoms with van der Waals surface area (Å²) in [5.41, 5.74) is 0.689. The summed E-state index contributed by atoms with van der Waals surface area (Å²) in [5, 5.41) is 11.1. The molecule has 1 aromatic carbocycles. The number of nitrogens with zero attached hydrogens (tertiary/aromatic N) is 4. The van der Waals surface area contributed by atoms with Crippen molar-refractivity contribution in [3.63, 3.8) is 0 Å². The molecule has 0 bridgehead atoms. The Morgan fingerprint density at radius 2 is 1.88 bits per heavy atom. The second-order valence-corrected chi connectivity index (χ2v) is 6.65. The molecule has 0 amide bonds. The van der Waals surface area contributed by atoms with Crippen LogP contribution in [-0.4, -0.2) is 67.5 Å². The number of ether oxygens (including phenoxy) is 2. The van der Waals surface area contributed by atoms with Crippen molar-refractivity contribution in [2.45, 2.75) is 18.1 Å². The molecule has 0 saturated carbocycles. The second-order valence-electron chi connectivity index (χ2n) is 6.65. The zero-order chi connectivity index (χ0) is 18.7. The molecule has 0 aliphatic carbocycles. The van der Waals surface area contributed by atoms with E-state index in [-0.39, 0.29) is 6.01 Å². The van der Waals surface area contributed by atoms with Gasteiger partial charge in [0.1, 0.15) is 5.82 Å². The number of β-amino-alcohol motifs (C(OH)–C–C–N with tert-alkyl or cyclic N) is 1. The number of piperidine rings is 1. The van der Waals surface area contributed by atoms with Crippen molar-refractivity contribution < 1.29 is 14.6 Å². The first-order valence-corrected chi connectivity index (χ1v) is 8.64. The van der Waals surface area contributed by atoms with E-state index in [2.05, 4.69) is 27.0 Å². The Balaban J connectivity index is 1.90. The zero-order valence-corrected chi connectivity index (χ0v) is 15.7. The van der Waals surface area contributed by atoms with E-state index < -0.39 is 11.6 Å². The number of aliphatic hydroxyl groups is 1. The smallest absolute Gasteiger partial charge is 0.321 e. The van der Waals surface area contributed by atoms with Crippen LogP contribution in [0.25, 0.3) is 0 Å². The summed E-state index contributed by atoms with van der Waals surface area (Å²) in [6, 6.07) is 12.2. The van der Waals surface area contributed by atoms with Gasteiger partial charge in [-0.1, -0.05) is 30.3 Å². The fourth-order valence-electron chi connectivity index (χ4n) is 3.72. The van der Waals surface area contributed by atoms with Crippen LogP contribution in [0.2, 0.25) is 0 Å². The molecule has 1 fully saturated rings. The highest BCUT2D eigenvalue weighted by atomic mass is 16.5. The van der Waals surface area contributed by atoms with Crippen molar-refractivity contribution >= 4 is 5.82 Å². The van der Waals surface area contributed by atoms with Gasteiger partial charge < -0.3 is 19.5 Å². The summed E-state index contributed by atoms with van der Waals surface area (Å²) in [5.74, 6) is 1.13. The molecule has 2 atom stereocenters. The van der Waals surface area contributed by atoms with Gasteiger partial charge in [0.25, 0.3) is 0 Å². The van der Waals surface area contributed by atoms with Crippen LogP contribution in [-0.2, 0) is 5.54 Å². The van der Waals surface area contributed by atoms with Gasteiger partial charge in [0.05, 0.1) is 25.9 Å². The Hall–Kier alpha value is -2.38. The Morgan fingerprint density at radius 1 is 1.15 bits per heavy atom. The Kier molecular flexibility index (Phi) is 5.29. The standard InChI is InChI=1S/C19H26N4O3/c1-22(2)19(14-8-6-5-7-9-14)10-11-23(13-15(19)24)16-12-17(25-3)21-18(20-16)26-4/h5-9,12,15,24H,10-11,13H2,1-4H3/t15-,19+/m1/s1. The van der Waals surface area contributed by atoms with Crippen LogP contribution in [0, 0.1) is 0 Å². The molecule has 7 heteroatoms. The number of hydrogen-bond donors (Lipinski definition) is 1. The number of hydrogen-bond acceptors (Lipinski definition) is 7. The first kappa shape index (κ1) is 18.4. The van der Waals surface area contributed by atoms with Crippen molar-refractivity contribution in [1.29, 1.82) is 0 Å². The molecule has 3 rings (SSSR count). The zero-order valence-electron chi connectivity index (χ0n) is 15.7. The topological polar surface area (TPSA) is 71.0 Å². The lowest BCUT2D eigenvalue weighted by molar-refractivity contribution is -0.0247.